The Bertz CT molecular complexity index is 2240. The fraction of sp³-hybridized carbons (Fsp3) is 0.116. The monoisotopic (exact) mass is 566 g/mol. The summed E-state index contributed by atoms with van der Waals surface area (Å²) in [6.45, 7) is 8.85. The van der Waals surface area contributed by atoms with Gasteiger partial charge in [-0.3, -0.25) is 0 Å². The number of furan rings is 1. The van der Waals surface area contributed by atoms with Crippen molar-refractivity contribution in [3.8, 4) is 0 Å². The third-order valence-corrected chi connectivity index (χ3v) is 9.76. The first-order valence-electron chi connectivity index (χ1n) is 15.6. The molecule has 1 aliphatic rings. The molecule has 0 N–H and O–H groups in total. The third-order valence-electron chi connectivity index (χ3n) is 9.76. The van der Waals surface area contributed by atoms with E-state index in [1.165, 1.54) is 49.2 Å². The van der Waals surface area contributed by atoms with Gasteiger partial charge in [0.15, 0.2) is 0 Å². The van der Waals surface area contributed by atoms with Crippen molar-refractivity contribution in [3.05, 3.63) is 168 Å². The van der Waals surface area contributed by atoms with Gasteiger partial charge in [0.25, 0.3) is 0 Å². The van der Waals surface area contributed by atoms with Gasteiger partial charge in [0.2, 0.25) is 0 Å². The SMILES string of the molecule is C=CC(/C=C\c1oc2c(ccc3ccccc32)c1C)c1c2ccccc2c(C2C=Cc3ccccc3C2C)c2ccccc12. The standard InChI is InChI=1S/C43H34O/c1-4-29(23-26-40-28(3)34-25-22-31-14-6-8-16-35(31)43(34)44-40)41-36-17-9-11-19-38(36)42(39-20-12-10-18-37(39)41)33-24-21-30-13-5-7-15-32(30)27(33)2/h4-27,29,33H,1H2,2-3H3/b26-23-. The minimum atomic E-state index is 0.00301. The van der Waals surface area contributed by atoms with E-state index in [1.54, 1.807) is 0 Å². The smallest absolute Gasteiger partial charge is 0.142 e. The molecular weight excluding hydrogens is 532 g/mol. The Kier molecular flexibility index (Phi) is 6.34. The molecule has 1 aliphatic carbocycles. The molecule has 1 nitrogen and oxygen atoms in total. The highest BCUT2D eigenvalue weighted by atomic mass is 16.3. The first-order valence-corrected chi connectivity index (χ1v) is 15.6. The summed E-state index contributed by atoms with van der Waals surface area (Å²) >= 11 is 0. The van der Waals surface area contributed by atoms with E-state index in [-0.39, 0.29) is 11.8 Å². The number of fused-ring (bicyclic) bond motifs is 6. The Morgan fingerprint density at radius 1 is 0.705 bits per heavy atom. The summed E-state index contributed by atoms with van der Waals surface area (Å²) < 4.78 is 6.53. The summed E-state index contributed by atoms with van der Waals surface area (Å²) in [6.07, 6.45) is 11.2. The highest BCUT2D eigenvalue weighted by Gasteiger charge is 2.28. The maximum absolute atomic E-state index is 6.53. The van der Waals surface area contributed by atoms with Gasteiger partial charge in [-0.05, 0) is 68.1 Å². The van der Waals surface area contributed by atoms with E-state index >= 15 is 0 Å². The van der Waals surface area contributed by atoms with Crippen LogP contribution in [0.5, 0.6) is 0 Å². The highest BCUT2D eigenvalue weighted by molar-refractivity contribution is 6.08. The van der Waals surface area contributed by atoms with Gasteiger partial charge in [0.05, 0.1) is 0 Å². The van der Waals surface area contributed by atoms with Crippen LogP contribution in [-0.4, -0.2) is 0 Å². The van der Waals surface area contributed by atoms with Crippen molar-refractivity contribution in [2.75, 3.05) is 0 Å². The maximum Gasteiger partial charge on any atom is 0.142 e. The van der Waals surface area contributed by atoms with Gasteiger partial charge >= 0.3 is 0 Å². The van der Waals surface area contributed by atoms with Gasteiger partial charge in [-0.15, -0.1) is 6.58 Å². The molecule has 1 heterocycles. The van der Waals surface area contributed by atoms with Crippen LogP contribution < -0.4 is 0 Å². The Balaban J connectivity index is 1.30. The Labute approximate surface area is 258 Å². The van der Waals surface area contributed by atoms with Crippen LogP contribution >= 0.6 is 0 Å². The Morgan fingerprint density at radius 2 is 1.34 bits per heavy atom. The molecule has 0 saturated carbocycles. The fourth-order valence-corrected chi connectivity index (χ4v) is 7.52. The average Bonchev–Trinajstić information content (AvgIpc) is 3.40. The molecule has 0 amide bonds. The number of hydrogen-bond acceptors (Lipinski definition) is 1. The van der Waals surface area contributed by atoms with E-state index in [0.29, 0.717) is 5.92 Å². The van der Waals surface area contributed by atoms with E-state index in [1.807, 2.05) is 0 Å². The van der Waals surface area contributed by atoms with Crippen LogP contribution in [0.4, 0.5) is 0 Å². The van der Waals surface area contributed by atoms with Crippen molar-refractivity contribution in [2.45, 2.75) is 31.6 Å². The van der Waals surface area contributed by atoms with E-state index in [4.69, 9.17) is 4.42 Å². The first-order chi connectivity index (χ1) is 21.6. The number of rotatable bonds is 5. The molecule has 44 heavy (non-hydrogen) atoms. The average molecular weight is 567 g/mol. The molecule has 1 heteroatoms. The van der Waals surface area contributed by atoms with Crippen LogP contribution in [0.1, 0.15) is 58.3 Å². The largest absolute Gasteiger partial charge is 0.456 e. The van der Waals surface area contributed by atoms with Gasteiger partial charge in [-0.25, -0.2) is 0 Å². The third kappa shape index (κ3) is 4.07. The van der Waals surface area contributed by atoms with Crippen molar-refractivity contribution in [3.63, 3.8) is 0 Å². The minimum Gasteiger partial charge on any atom is -0.456 e. The molecular formula is C43H34O. The molecule has 1 aromatic heterocycles. The molecule has 7 aromatic rings. The molecule has 3 atom stereocenters. The summed E-state index contributed by atoms with van der Waals surface area (Å²) in [5, 5.41) is 8.69. The van der Waals surface area contributed by atoms with Crippen LogP contribution in [0.15, 0.2) is 138 Å². The molecule has 3 unspecified atom stereocenters. The summed E-state index contributed by atoms with van der Waals surface area (Å²) in [5.41, 5.74) is 7.55. The second-order valence-corrected chi connectivity index (χ2v) is 12.1. The molecule has 6 aromatic carbocycles. The molecule has 0 spiro atoms. The van der Waals surface area contributed by atoms with Crippen molar-refractivity contribution < 1.29 is 4.42 Å². The number of hydrogen-bond donors (Lipinski definition) is 0. The van der Waals surface area contributed by atoms with Crippen LogP contribution in [-0.2, 0) is 0 Å². The second kappa shape index (κ2) is 10.5. The Hall–Kier alpha value is -5.14. The van der Waals surface area contributed by atoms with Crippen LogP contribution in [0.2, 0.25) is 0 Å². The zero-order valence-electron chi connectivity index (χ0n) is 25.1. The number of allylic oxidation sites excluding steroid dienone is 3. The van der Waals surface area contributed by atoms with Crippen LogP contribution in [0.3, 0.4) is 0 Å². The quantitative estimate of drug-likeness (QED) is 0.149. The molecule has 0 saturated heterocycles. The molecule has 0 aliphatic heterocycles. The molecule has 0 bridgehead atoms. The Morgan fingerprint density at radius 3 is 2.07 bits per heavy atom. The predicted octanol–water partition coefficient (Wildman–Crippen LogP) is 12.1. The fourth-order valence-electron chi connectivity index (χ4n) is 7.52. The highest BCUT2D eigenvalue weighted by Crippen LogP contribution is 2.47. The molecule has 8 rings (SSSR count). The van der Waals surface area contributed by atoms with E-state index < -0.39 is 0 Å². The zero-order valence-corrected chi connectivity index (χ0v) is 25.1. The minimum absolute atomic E-state index is 0.00301. The van der Waals surface area contributed by atoms with Gasteiger partial charge in [-0.1, -0.05) is 140 Å². The topological polar surface area (TPSA) is 13.1 Å². The van der Waals surface area contributed by atoms with Crippen molar-refractivity contribution in [1.82, 2.24) is 0 Å². The lowest BCUT2D eigenvalue weighted by Gasteiger charge is -2.30. The maximum atomic E-state index is 6.53. The van der Waals surface area contributed by atoms with E-state index in [9.17, 15) is 0 Å². The van der Waals surface area contributed by atoms with E-state index in [2.05, 4.69) is 160 Å². The summed E-state index contributed by atoms with van der Waals surface area (Å²) in [5.74, 6) is 1.55. The van der Waals surface area contributed by atoms with Crippen molar-refractivity contribution in [1.29, 1.82) is 0 Å². The lowest BCUT2D eigenvalue weighted by Crippen LogP contribution is -2.12. The normalized spacial score (nSPS) is 17.1. The van der Waals surface area contributed by atoms with Crippen molar-refractivity contribution >= 4 is 55.4 Å². The number of benzene rings is 6. The van der Waals surface area contributed by atoms with Crippen molar-refractivity contribution in [2.24, 2.45) is 0 Å². The zero-order chi connectivity index (χ0) is 29.8. The van der Waals surface area contributed by atoms with E-state index in [0.717, 1.165) is 27.7 Å². The second-order valence-electron chi connectivity index (χ2n) is 12.1. The van der Waals surface area contributed by atoms with Crippen LogP contribution in [0.25, 0.3) is 55.4 Å². The van der Waals surface area contributed by atoms with Gasteiger partial charge in [0.1, 0.15) is 11.3 Å². The predicted molar refractivity (Wildman–Crippen MR) is 189 cm³/mol. The number of aryl methyl sites for hydroxylation is 1. The van der Waals surface area contributed by atoms with Gasteiger partial charge in [-0.2, -0.15) is 0 Å². The molecule has 0 fully saturated rings. The summed E-state index contributed by atoms with van der Waals surface area (Å²) in [4.78, 5) is 0. The van der Waals surface area contributed by atoms with Crippen LogP contribution in [0, 0.1) is 6.92 Å². The van der Waals surface area contributed by atoms with Gasteiger partial charge in [0, 0.05) is 28.2 Å². The lowest BCUT2D eigenvalue weighted by molar-refractivity contribution is 0.604. The summed E-state index contributed by atoms with van der Waals surface area (Å²) in [6, 6.07) is 39.5. The lowest BCUT2D eigenvalue weighted by atomic mass is 9.73. The van der Waals surface area contributed by atoms with Gasteiger partial charge < -0.3 is 4.42 Å². The summed E-state index contributed by atoms with van der Waals surface area (Å²) in [7, 11) is 0. The molecule has 0 radical (unpaired) electrons. The molecule has 212 valence electrons. The first kappa shape index (κ1) is 26.5.